The van der Waals surface area contributed by atoms with Crippen molar-refractivity contribution in [1.29, 1.82) is 0 Å². The highest BCUT2D eigenvalue weighted by molar-refractivity contribution is 5.25. The summed E-state index contributed by atoms with van der Waals surface area (Å²) in [5, 5.41) is 7.67. The van der Waals surface area contributed by atoms with Gasteiger partial charge >= 0.3 is 0 Å². The summed E-state index contributed by atoms with van der Waals surface area (Å²) in [5.74, 6) is 0.799. The molecule has 0 unspecified atom stereocenters. The number of hydrogen-bond donors (Lipinski definition) is 1. The topological polar surface area (TPSA) is 29.9 Å². The first-order valence-corrected chi connectivity index (χ1v) is 5.56. The third-order valence-electron chi connectivity index (χ3n) is 2.73. The van der Waals surface area contributed by atoms with E-state index < -0.39 is 0 Å². The van der Waals surface area contributed by atoms with Gasteiger partial charge in [0.05, 0.1) is 6.20 Å². The normalized spacial score (nSPS) is 16.1. The van der Waals surface area contributed by atoms with E-state index >= 15 is 0 Å². The van der Waals surface area contributed by atoms with E-state index in [1.165, 1.54) is 30.5 Å². The molecule has 14 heavy (non-hydrogen) atoms. The van der Waals surface area contributed by atoms with Gasteiger partial charge in [-0.15, -0.1) is 0 Å². The lowest BCUT2D eigenvalue weighted by molar-refractivity contribution is 0.572. The van der Waals surface area contributed by atoms with Crippen LogP contribution in [0.1, 0.15) is 43.4 Å². The molecule has 1 aromatic heterocycles. The molecule has 0 amide bonds. The van der Waals surface area contributed by atoms with Crippen molar-refractivity contribution in [1.82, 2.24) is 15.1 Å². The molecule has 0 spiro atoms. The van der Waals surface area contributed by atoms with E-state index in [9.17, 15) is 0 Å². The van der Waals surface area contributed by atoms with Gasteiger partial charge in [0.25, 0.3) is 0 Å². The Labute approximate surface area is 85.5 Å². The van der Waals surface area contributed by atoms with Crippen LogP contribution in [0.5, 0.6) is 0 Å². The van der Waals surface area contributed by atoms with Crippen LogP contribution in [0, 0.1) is 0 Å². The third kappa shape index (κ3) is 1.82. The van der Waals surface area contributed by atoms with E-state index in [-0.39, 0.29) is 0 Å². The molecule has 0 aromatic carbocycles. The van der Waals surface area contributed by atoms with Gasteiger partial charge in [-0.05, 0) is 26.3 Å². The highest BCUT2D eigenvalue weighted by atomic mass is 15.3. The van der Waals surface area contributed by atoms with Crippen molar-refractivity contribution in [3.63, 3.8) is 0 Å². The van der Waals surface area contributed by atoms with E-state index in [4.69, 9.17) is 0 Å². The number of rotatable bonds is 5. The van der Waals surface area contributed by atoms with Crippen molar-refractivity contribution in [2.75, 3.05) is 7.05 Å². The van der Waals surface area contributed by atoms with E-state index in [1.54, 1.807) is 0 Å². The number of hydrogen-bond acceptors (Lipinski definition) is 2. The number of nitrogens with zero attached hydrogens (tertiary/aromatic N) is 2. The lowest BCUT2D eigenvalue weighted by Crippen LogP contribution is -2.09. The largest absolute Gasteiger partial charge is 0.316 e. The van der Waals surface area contributed by atoms with Crippen LogP contribution in [0.25, 0.3) is 0 Å². The van der Waals surface area contributed by atoms with Crippen molar-refractivity contribution >= 4 is 0 Å². The summed E-state index contributed by atoms with van der Waals surface area (Å²) < 4.78 is 2.20. The summed E-state index contributed by atoms with van der Waals surface area (Å²) >= 11 is 0. The Balaban J connectivity index is 2.22. The molecule has 0 atom stereocenters. The number of nitrogens with one attached hydrogen (secondary N) is 1. The van der Waals surface area contributed by atoms with Crippen LogP contribution >= 0.6 is 0 Å². The van der Waals surface area contributed by atoms with Gasteiger partial charge in [-0.1, -0.05) is 6.92 Å². The molecule has 1 aromatic rings. The minimum absolute atomic E-state index is 0.799. The predicted molar refractivity (Wildman–Crippen MR) is 57.3 cm³/mol. The molecule has 1 heterocycles. The van der Waals surface area contributed by atoms with Crippen LogP contribution < -0.4 is 5.32 Å². The molecule has 1 aliphatic carbocycles. The van der Waals surface area contributed by atoms with Crippen molar-refractivity contribution in [3.05, 3.63) is 17.5 Å². The maximum atomic E-state index is 4.46. The molecule has 3 heteroatoms. The summed E-state index contributed by atoms with van der Waals surface area (Å²) in [5.41, 5.74) is 2.88. The summed E-state index contributed by atoms with van der Waals surface area (Å²) in [6.07, 6.45) is 5.90. The fourth-order valence-electron chi connectivity index (χ4n) is 1.98. The molecular formula is C11H19N3. The van der Waals surface area contributed by atoms with Gasteiger partial charge in [-0.2, -0.15) is 5.10 Å². The second-order valence-electron chi connectivity index (χ2n) is 4.08. The average molecular weight is 193 g/mol. The Morgan fingerprint density at radius 1 is 1.57 bits per heavy atom. The summed E-state index contributed by atoms with van der Waals surface area (Å²) in [6, 6.07) is 0. The Morgan fingerprint density at radius 3 is 2.93 bits per heavy atom. The van der Waals surface area contributed by atoms with Gasteiger partial charge in [-0.3, -0.25) is 4.68 Å². The zero-order valence-corrected chi connectivity index (χ0v) is 9.08. The molecule has 0 radical (unpaired) electrons. The maximum absolute atomic E-state index is 4.46. The number of aromatic nitrogens is 2. The Kier molecular flexibility index (Phi) is 2.87. The van der Waals surface area contributed by atoms with Crippen molar-refractivity contribution < 1.29 is 0 Å². The van der Waals surface area contributed by atoms with Gasteiger partial charge in [0.1, 0.15) is 0 Å². The highest BCUT2D eigenvalue weighted by Crippen LogP contribution is 2.41. The SMILES string of the molecule is CCCn1ncc(CNC)c1C1CC1. The first-order valence-electron chi connectivity index (χ1n) is 5.56. The quantitative estimate of drug-likeness (QED) is 0.774. The van der Waals surface area contributed by atoms with Crippen LogP contribution in [0.4, 0.5) is 0 Å². The molecule has 2 rings (SSSR count). The van der Waals surface area contributed by atoms with E-state index in [2.05, 4.69) is 22.0 Å². The zero-order chi connectivity index (χ0) is 9.97. The lowest BCUT2D eigenvalue weighted by Gasteiger charge is -2.07. The van der Waals surface area contributed by atoms with Crippen LogP contribution in [0.15, 0.2) is 6.20 Å². The molecule has 1 N–H and O–H groups in total. The van der Waals surface area contributed by atoms with Crippen molar-refractivity contribution in [2.45, 2.75) is 45.2 Å². The first kappa shape index (κ1) is 9.71. The third-order valence-corrected chi connectivity index (χ3v) is 2.73. The Hall–Kier alpha value is -0.830. The molecule has 78 valence electrons. The molecule has 1 fully saturated rings. The fourth-order valence-corrected chi connectivity index (χ4v) is 1.98. The van der Waals surface area contributed by atoms with Gasteiger partial charge in [0.15, 0.2) is 0 Å². The van der Waals surface area contributed by atoms with Crippen LogP contribution in [0.3, 0.4) is 0 Å². The summed E-state index contributed by atoms with van der Waals surface area (Å²) in [4.78, 5) is 0. The highest BCUT2D eigenvalue weighted by Gasteiger charge is 2.29. The van der Waals surface area contributed by atoms with Crippen LogP contribution in [-0.2, 0) is 13.1 Å². The van der Waals surface area contributed by atoms with Gasteiger partial charge in [0.2, 0.25) is 0 Å². The summed E-state index contributed by atoms with van der Waals surface area (Å²) in [6.45, 7) is 4.22. The molecule has 1 aliphatic rings. The zero-order valence-electron chi connectivity index (χ0n) is 9.08. The second kappa shape index (κ2) is 4.13. The maximum Gasteiger partial charge on any atom is 0.0537 e. The summed E-state index contributed by atoms with van der Waals surface area (Å²) in [7, 11) is 1.99. The van der Waals surface area contributed by atoms with Crippen molar-refractivity contribution in [3.8, 4) is 0 Å². The second-order valence-corrected chi connectivity index (χ2v) is 4.08. The Morgan fingerprint density at radius 2 is 2.36 bits per heavy atom. The lowest BCUT2D eigenvalue weighted by atomic mass is 10.2. The molecule has 0 aliphatic heterocycles. The van der Waals surface area contributed by atoms with Gasteiger partial charge < -0.3 is 5.32 Å². The van der Waals surface area contributed by atoms with Gasteiger partial charge in [-0.25, -0.2) is 0 Å². The number of aryl methyl sites for hydroxylation is 1. The first-order chi connectivity index (χ1) is 6.86. The molecule has 1 saturated carbocycles. The fraction of sp³-hybridized carbons (Fsp3) is 0.727. The molecule has 0 saturated heterocycles. The minimum atomic E-state index is 0.799. The smallest absolute Gasteiger partial charge is 0.0537 e. The van der Waals surface area contributed by atoms with E-state index in [0.717, 1.165) is 19.0 Å². The van der Waals surface area contributed by atoms with E-state index in [0.29, 0.717) is 0 Å². The van der Waals surface area contributed by atoms with Crippen LogP contribution in [-0.4, -0.2) is 16.8 Å². The molecule has 3 nitrogen and oxygen atoms in total. The van der Waals surface area contributed by atoms with Gasteiger partial charge in [0, 0.05) is 30.3 Å². The monoisotopic (exact) mass is 193 g/mol. The minimum Gasteiger partial charge on any atom is -0.316 e. The average Bonchev–Trinajstić information content (AvgIpc) is 2.93. The molecular weight excluding hydrogens is 174 g/mol. The van der Waals surface area contributed by atoms with E-state index in [1.807, 2.05) is 13.2 Å². The Bertz CT molecular complexity index is 276. The van der Waals surface area contributed by atoms with Crippen molar-refractivity contribution in [2.24, 2.45) is 0 Å². The predicted octanol–water partition coefficient (Wildman–Crippen LogP) is 1.89. The standard InChI is InChI=1S/C11H19N3/c1-3-6-14-11(9-4-5-9)10(7-12-2)8-13-14/h8-9,12H,3-7H2,1-2H3. The molecule has 0 bridgehead atoms. The van der Waals surface area contributed by atoms with Crippen LogP contribution in [0.2, 0.25) is 0 Å².